The summed E-state index contributed by atoms with van der Waals surface area (Å²) < 4.78 is 22.6. The molecule has 0 radical (unpaired) electrons. The minimum Gasteiger partial charge on any atom is -0.467 e. The van der Waals surface area contributed by atoms with Crippen LogP contribution >= 0.6 is 0 Å². The maximum Gasteiger partial charge on any atom is 0.337 e. The van der Waals surface area contributed by atoms with E-state index in [1.165, 1.54) is 0 Å². The van der Waals surface area contributed by atoms with Gasteiger partial charge in [-0.1, -0.05) is 56.2 Å². The molecule has 1 aliphatic rings. The van der Waals surface area contributed by atoms with Gasteiger partial charge < -0.3 is 34.0 Å². The molecule has 0 aromatic heterocycles. The predicted octanol–water partition coefficient (Wildman–Crippen LogP) is 2.43. The molecule has 1 heterocycles. The van der Waals surface area contributed by atoms with E-state index in [0.29, 0.717) is 5.56 Å². The number of hydrogen-bond acceptors (Lipinski definition) is 9. The smallest absolute Gasteiger partial charge is 0.337 e. The van der Waals surface area contributed by atoms with E-state index in [0.717, 1.165) is 7.11 Å². The van der Waals surface area contributed by atoms with Gasteiger partial charge in [-0.25, -0.2) is 4.79 Å². The first kappa shape index (κ1) is 28.2. The number of esters is 1. The third-order valence-electron chi connectivity index (χ3n) is 6.42. The molecule has 0 aliphatic carbocycles. The van der Waals surface area contributed by atoms with E-state index in [4.69, 9.17) is 19.4 Å². The van der Waals surface area contributed by atoms with Gasteiger partial charge in [0.05, 0.1) is 19.8 Å². The molecule has 2 rings (SSSR count). The largest absolute Gasteiger partial charge is 0.467 e. The van der Waals surface area contributed by atoms with Crippen molar-refractivity contribution in [2.24, 2.45) is 5.11 Å². The van der Waals surface area contributed by atoms with Crippen LogP contribution in [0.25, 0.3) is 10.4 Å². The molecule has 3 N–H and O–H groups in total. The average Bonchev–Trinajstić information content (AvgIpc) is 2.80. The SMILES string of the molecule is COC(=O)[C@H](O)[C@@H](O)[C@@H](N=[N+]=[N-])[C@H]1O[C@@H](c2ccccc2)O[C@@H](CO[Si](C)(C)C(C)(C)C)[C@H]1O. The number of azide groups is 1. The van der Waals surface area contributed by atoms with Gasteiger partial charge in [-0.3, -0.25) is 0 Å². The van der Waals surface area contributed by atoms with Crippen molar-refractivity contribution >= 4 is 14.3 Å². The van der Waals surface area contributed by atoms with Crippen LogP contribution in [0.15, 0.2) is 35.4 Å². The van der Waals surface area contributed by atoms with Crippen LogP contribution in [0.4, 0.5) is 0 Å². The molecule has 190 valence electrons. The summed E-state index contributed by atoms with van der Waals surface area (Å²) in [6, 6.07) is 7.37. The van der Waals surface area contributed by atoms with Crippen molar-refractivity contribution in [3.8, 4) is 0 Å². The van der Waals surface area contributed by atoms with E-state index < -0.39 is 57.1 Å². The molecule has 0 amide bonds. The summed E-state index contributed by atoms with van der Waals surface area (Å²) in [4.78, 5) is 14.5. The van der Waals surface area contributed by atoms with Gasteiger partial charge in [-0.15, -0.1) is 0 Å². The van der Waals surface area contributed by atoms with Crippen LogP contribution in [-0.4, -0.2) is 79.9 Å². The molecule has 34 heavy (non-hydrogen) atoms. The van der Waals surface area contributed by atoms with Crippen molar-refractivity contribution in [1.29, 1.82) is 0 Å². The number of rotatable bonds is 9. The first-order valence-corrected chi connectivity index (χ1v) is 13.9. The zero-order chi connectivity index (χ0) is 25.7. The maximum absolute atomic E-state index is 11.8. The second-order valence-electron chi connectivity index (χ2n) is 9.73. The van der Waals surface area contributed by atoms with E-state index >= 15 is 0 Å². The van der Waals surface area contributed by atoms with Crippen molar-refractivity contribution in [3.63, 3.8) is 0 Å². The fourth-order valence-electron chi connectivity index (χ4n) is 3.24. The van der Waals surface area contributed by atoms with Gasteiger partial charge in [0.1, 0.15) is 24.4 Å². The molecule has 1 fully saturated rings. The lowest BCUT2D eigenvalue weighted by Crippen LogP contribution is -2.59. The van der Waals surface area contributed by atoms with Crippen molar-refractivity contribution in [2.75, 3.05) is 13.7 Å². The third-order valence-corrected chi connectivity index (χ3v) is 10.9. The summed E-state index contributed by atoms with van der Waals surface area (Å²) in [5.41, 5.74) is 9.71. The zero-order valence-corrected chi connectivity index (χ0v) is 21.4. The van der Waals surface area contributed by atoms with Crippen LogP contribution in [0.3, 0.4) is 0 Å². The zero-order valence-electron chi connectivity index (χ0n) is 20.4. The van der Waals surface area contributed by atoms with Crippen molar-refractivity contribution in [3.05, 3.63) is 46.3 Å². The lowest BCUT2D eigenvalue weighted by atomic mass is 9.93. The second-order valence-corrected chi connectivity index (χ2v) is 14.5. The summed E-state index contributed by atoms with van der Waals surface area (Å²) in [5.74, 6) is -1.12. The lowest BCUT2D eigenvalue weighted by molar-refractivity contribution is -0.301. The number of benzene rings is 1. The highest BCUT2D eigenvalue weighted by atomic mass is 28.4. The Balaban J connectivity index is 2.39. The number of hydrogen-bond donors (Lipinski definition) is 3. The highest BCUT2D eigenvalue weighted by Crippen LogP contribution is 2.38. The summed E-state index contributed by atoms with van der Waals surface area (Å²) in [5, 5.41) is 35.3. The van der Waals surface area contributed by atoms with Crippen LogP contribution < -0.4 is 0 Å². The van der Waals surface area contributed by atoms with Gasteiger partial charge in [0.25, 0.3) is 0 Å². The molecule has 0 spiro atoms. The number of nitrogens with zero attached hydrogens (tertiary/aromatic N) is 3. The number of ether oxygens (including phenoxy) is 3. The van der Waals surface area contributed by atoms with E-state index in [-0.39, 0.29) is 11.6 Å². The first-order valence-electron chi connectivity index (χ1n) is 11.0. The molecule has 1 aromatic carbocycles. The first-order chi connectivity index (χ1) is 15.8. The molecular weight excluding hydrogens is 462 g/mol. The summed E-state index contributed by atoms with van der Waals surface area (Å²) >= 11 is 0. The fraction of sp³-hybridized carbons (Fsp3) is 0.682. The quantitative estimate of drug-likeness (QED) is 0.154. The summed E-state index contributed by atoms with van der Waals surface area (Å²) in [6.07, 6.45) is -8.54. The van der Waals surface area contributed by atoms with Gasteiger partial charge >= 0.3 is 5.97 Å². The molecule has 1 aromatic rings. The highest BCUT2D eigenvalue weighted by molar-refractivity contribution is 6.74. The van der Waals surface area contributed by atoms with Gasteiger partial charge in [-0.05, 0) is 23.7 Å². The lowest BCUT2D eigenvalue weighted by Gasteiger charge is -2.44. The number of methoxy groups -OCH3 is 1. The van der Waals surface area contributed by atoms with Crippen LogP contribution in [-0.2, 0) is 23.4 Å². The van der Waals surface area contributed by atoms with Gasteiger partial charge in [0.2, 0.25) is 0 Å². The Bertz CT molecular complexity index is 859. The minimum atomic E-state index is -2.21. The highest BCUT2D eigenvalue weighted by Gasteiger charge is 2.48. The minimum absolute atomic E-state index is 0.0273. The van der Waals surface area contributed by atoms with Crippen molar-refractivity contribution in [1.82, 2.24) is 0 Å². The van der Waals surface area contributed by atoms with Gasteiger partial charge in [0.15, 0.2) is 20.7 Å². The van der Waals surface area contributed by atoms with E-state index in [1.54, 1.807) is 24.3 Å². The maximum atomic E-state index is 11.8. The van der Waals surface area contributed by atoms with Crippen molar-refractivity contribution < 1.29 is 38.8 Å². The van der Waals surface area contributed by atoms with Crippen LogP contribution in [0.5, 0.6) is 0 Å². The topological polar surface area (TPSA) is 163 Å². The monoisotopic (exact) mass is 497 g/mol. The molecule has 1 saturated heterocycles. The molecule has 11 nitrogen and oxygen atoms in total. The standard InChI is InChI=1S/C22H35N3O8Si/c1-22(2,3)34(5,6)31-12-14-16(26)19(33-21(32-14)13-10-8-7-9-11-13)15(24-25-23)17(27)18(28)20(29)30-4/h7-11,14-19,21,26-28H,12H2,1-6H3/t14-,15+,16+,17-,18+,19+,21-/m0/s1. The molecule has 7 atom stereocenters. The van der Waals surface area contributed by atoms with E-state index in [2.05, 4.69) is 48.6 Å². The Morgan fingerprint density at radius 1 is 1.24 bits per heavy atom. The number of aliphatic hydroxyl groups excluding tert-OH is 3. The fourth-order valence-corrected chi connectivity index (χ4v) is 4.25. The van der Waals surface area contributed by atoms with Gasteiger partial charge in [-0.2, -0.15) is 0 Å². The molecule has 1 aliphatic heterocycles. The van der Waals surface area contributed by atoms with Crippen molar-refractivity contribution in [2.45, 2.75) is 81.8 Å². The molecule has 0 bridgehead atoms. The predicted molar refractivity (Wildman–Crippen MR) is 125 cm³/mol. The molecular formula is C22H35N3O8Si. The Morgan fingerprint density at radius 2 is 1.85 bits per heavy atom. The summed E-state index contributed by atoms with van der Waals surface area (Å²) in [6.45, 7) is 10.4. The average molecular weight is 498 g/mol. The third kappa shape index (κ3) is 6.55. The number of carbonyl (C=O) groups excluding carboxylic acids is 1. The molecule has 12 heteroatoms. The van der Waals surface area contributed by atoms with E-state index in [9.17, 15) is 20.1 Å². The van der Waals surface area contributed by atoms with E-state index in [1.807, 2.05) is 6.07 Å². The van der Waals surface area contributed by atoms with Crippen LogP contribution in [0.2, 0.25) is 18.1 Å². The molecule has 0 saturated carbocycles. The Hall–Kier alpha value is -2.02. The van der Waals surface area contributed by atoms with Crippen LogP contribution in [0.1, 0.15) is 32.6 Å². The number of aliphatic hydroxyl groups is 3. The number of carbonyl (C=O) groups is 1. The normalized spacial score (nSPS) is 26.1. The second kappa shape index (κ2) is 11.6. The molecule has 0 unspecified atom stereocenters. The van der Waals surface area contributed by atoms with Gasteiger partial charge in [0, 0.05) is 10.5 Å². The Morgan fingerprint density at radius 3 is 2.38 bits per heavy atom. The Kier molecular flexibility index (Phi) is 9.63. The van der Waals surface area contributed by atoms with Crippen LogP contribution in [0, 0.1) is 0 Å². The summed E-state index contributed by atoms with van der Waals surface area (Å²) in [7, 11) is -1.17. The Labute approximate surface area is 200 Å².